The van der Waals surface area contributed by atoms with Crippen LogP contribution in [0.15, 0.2) is 24.3 Å². The predicted octanol–water partition coefficient (Wildman–Crippen LogP) is 12.2. The topological polar surface area (TPSA) is 307 Å². The van der Waals surface area contributed by atoms with E-state index in [0.717, 1.165) is 38.5 Å². The number of allylic oxidation sites excluding steroid dienone is 3. The fourth-order valence-electron chi connectivity index (χ4n) is 13.4. The van der Waals surface area contributed by atoms with Gasteiger partial charge in [0.2, 0.25) is 5.91 Å². The number of ether oxygens (including phenoxy) is 6. The smallest absolute Gasteiger partial charge is 0.220 e. The number of aliphatic hydroxyl groups is 11. The Labute approximate surface area is 575 Å². The second-order valence-electron chi connectivity index (χ2n) is 28.2. The third kappa shape index (κ3) is 38.8. The Morgan fingerprint density at radius 1 is 0.368 bits per heavy atom. The lowest BCUT2D eigenvalue weighted by Gasteiger charge is -2.48. The van der Waals surface area contributed by atoms with Crippen LogP contribution in [0.25, 0.3) is 0 Å². The van der Waals surface area contributed by atoms with Crippen LogP contribution in [-0.2, 0) is 33.2 Å². The molecule has 3 fully saturated rings. The molecule has 3 heterocycles. The van der Waals surface area contributed by atoms with Crippen molar-refractivity contribution in [1.82, 2.24) is 5.32 Å². The number of carbonyl (C=O) groups is 1. The third-order valence-corrected chi connectivity index (χ3v) is 19.8. The number of amides is 1. The Morgan fingerprint density at radius 2 is 0.674 bits per heavy atom. The first-order chi connectivity index (χ1) is 46.3. The number of hydrogen-bond acceptors (Lipinski definition) is 18. The van der Waals surface area contributed by atoms with Crippen LogP contribution < -0.4 is 5.32 Å². The standard InChI is InChI=1S/C76H143NO18/c1-3-5-7-9-11-13-15-17-19-21-23-25-27-29-31-33-35-37-39-41-43-45-47-49-51-53-60(81)59(77-64(82)54-52-50-48-46-44-42-40-38-36-34-32-30-28-26-24-22-20-18-16-14-12-10-8-6-4-2)58-90-74-70(88)67(85)72(62(56-79)92-74)95-76-71(89)68(86)73(63(57-80)93-76)94-75-69(87)66(84)65(83)61(55-78)91-75/h43,45,51,53,59-63,65-76,78-81,83-89H,3-42,44,46-50,52,54-58H2,1-2H3,(H,77,82)/b45-43+,53-51+. The van der Waals surface area contributed by atoms with Crippen LogP contribution in [0, 0.1) is 0 Å². The monoisotopic (exact) mass is 1360 g/mol. The van der Waals surface area contributed by atoms with E-state index in [1.54, 1.807) is 6.08 Å². The maximum atomic E-state index is 13.5. The number of hydrogen-bond donors (Lipinski definition) is 12. The molecule has 0 aromatic carbocycles. The van der Waals surface area contributed by atoms with Crippen molar-refractivity contribution in [3.8, 4) is 0 Å². The largest absolute Gasteiger partial charge is 0.394 e. The van der Waals surface area contributed by atoms with E-state index in [1.165, 1.54) is 250 Å². The van der Waals surface area contributed by atoms with Gasteiger partial charge in [-0.15, -0.1) is 0 Å². The second-order valence-corrected chi connectivity index (χ2v) is 28.2. The lowest BCUT2D eigenvalue weighted by atomic mass is 9.96. The van der Waals surface area contributed by atoms with Crippen LogP contribution in [0.2, 0.25) is 0 Å². The maximum absolute atomic E-state index is 13.5. The van der Waals surface area contributed by atoms with Crippen LogP contribution in [0.3, 0.4) is 0 Å². The summed E-state index contributed by atoms with van der Waals surface area (Å²) >= 11 is 0. The Bertz CT molecular complexity index is 1810. The van der Waals surface area contributed by atoms with Gasteiger partial charge in [-0.05, 0) is 32.1 Å². The van der Waals surface area contributed by atoms with Gasteiger partial charge >= 0.3 is 0 Å². The van der Waals surface area contributed by atoms with E-state index < -0.39 is 124 Å². The van der Waals surface area contributed by atoms with E-state index >= 15 is 0 Å². The summed E-state index contributed by atoms with van der Waals surface area (Å²) in [4.78, 5) is 13.5. The molecule has 17 unspecified atom stereocenters. The molecule has 0 spiro atoms. The molecule has 95 heavy (non-hydrogen) atoms. The molecule has 1 amide bonds. The van der Waals surface area contributed by atoms with Gasteiger partial charge in [0.15, 0.2) is 18.9 Å². The molecule has 3 aliphatic heterocycles. The lowest BCUT2D eigenvalue weighted by Crippen LogP contribution is -2.66. The van der Waals surface area contributed by atoms with Crippen molar-refractivity contribution in [1.29, 1.82) is 0 Å². The van der Waals surface area contributed by atoms with Crippen LogP contribution in [0.4, 0.5) is 0 Å². The average molecular weight is 1360 g/mol. The minimum Gasteiger partial charge on any atom is -0.394 e. The molecule has 0 aromatic rings. The first kappa shape index (κ1) is 87.5. The number of carbonyl (C=O) groups excluding carboxylic acids is 1. The van der Waals surface area contributed by atoms with E-state index in [1.807, 2.05) is 6.08 Å². The maximum Gasteiger partial charge on any atom is 0.220 e. The van der Waals surface area contributed by atoms with Gasteiger partial charge in [-0.2, -0.15) is 0 Å². The molecule has 560 valence electrons. The highest BCUT2D eigenvalue weighted by molar-refractivity contribution is 5.76. The first-order valence-corrected chi connectivity index (χ1v) is 39.1. The Balaban J connectivity index is 1.40. The summed E-state index contributed by atoms with van der Waals surface area (Å²) in [5.74, 6) is -0.278. The summed E-state index contributed by atoms with van der Waals surface area (Å²) in [6.07, 6.45) is 41.7. The van der Waals surface area contributed by atoms with Gasteiger partial charge < -0.3 is 89.9 Å². The van der Waals surface area contributed by atoms with Gasteiger partial charge in [0.05, 0.1) is 38.6 Å². The van der Waals surface area contributed by atoms with Gasteiger partial charge in [-0.25, -0.2) is 0 Å². The molecular formula is C76H143NO18. The van der Waals surface area contributed by atoms with Crippen molar-refractivity contribution in [3.05, 3.63) is 24.3 Å². The number of unbranched alkanes of at least 4 members (excludes halogenated alkanes) is 44. The van der Waals surface area contributed by atoms with Gasteiger partial charge in [0.1, 0.15) is 73.2 Å². The highest BCUT2D eigenvalue weighted by Gasteiger charge is 2.53. The number of rotatable bonds is 62. The summed E-state index contributed by atoms with van der Waals surface area (Å²) in [5, 5.41) is 121. The Kier molecular flexibility index (Phi) is 53.3. The van der Waals surface area contributed by atoms with Gasteiger partial charge in [0.25, 0.3) is 0 Å². The lowest BCUT2D eigenvalue weighted by molar-refractivity contribution is -0.379. The van der Waals surface area contributed by atoms with Gasteiger partial charge in [-0.1, -0.05) is 308 Å². The molecule has 3 aliphatic rings. The molecule has 0 aliphatic carbocycles. The molecule has 19 nitrogen and oxygen atoms in total. The van der Waals surface area contributed by atoms with Crippen LogP contribution in [-0.4, -0.2) is 193 Å². The van der Waals surface area contributed by atoms with E-state index in [4.69, 9.17) is 28.4 Å². The van der Waals surface area contributed by atoms with Gasteiger partial charge in [-0.3, -0.25) is 4.79 Å². The predicted molar refractivity (Wildman–Crippen MR) is 374 cm³/mol. The van der Waals surface area contributed by atoms with Gasteiger partial charge in [0, 0.05) is 6.42 Å². The third-order valence-electron chi connectivity index (χ3n) is 19.8. The fourth-order valence-corrected chi connectivity index (χ4v) is 13.4. The molecule has 3 rings (SSSR count). The number of nitrogens with one attached hydrogen (secondary N) is 1. The summed E-state index contributed by atoms with van der Waals surface area (Å²) < 4.78 is 34.4. The molecule has 3 saturated heterocycles. The van der Waals surface area contributed by atoms with Crippen molar-refractivity contribution in [2.45, 2.75) is 426 Å². The van der Waals surface area contributed by atoms with E-state index in [2.05, 4.69) is 31.3 Å². The van der Waals surface area contributed by atoms with Crippen molar-refractivity contribution in [2.24, 2.45) is 0 Å². The van der Waals surface area contributed by atoms with Crippen LogP contribution >= 0.6 is 0 Å². The van der Waals surface area contributed by atoms with E-state index in [9.17, 15) is 61.0 Å². The minimum atomic E-state index is -1.98. The van der Waals surface area contributed by atoms with E-state index in [0.29, 0.717) is 12.8 Å². The van der Waals surface area contributed by atoms with Crippen LogP contribution in [0.1, 0.15) is 322 Å². The number of aliphatic hydroxyl groups excluding tert-OH is 11. The quantitative estimate of drug-likeness (QED) is 0.0199. The summed E-state index contributed by atoms with van der Waals surface area (Å²) in [6.45, 7) is 1.77. The van der Waals surface area contributed by atoms with Crippen molar-refractivity contribution in [3.63, 3.8) is 0 Å². The molecule has 0 radical (unpaired) electrons. The zero-order valence-corrected chi connectivity index (χ0v) is 59.7. The molecule has 19 heteroatoms. The van der Waals surface area contributed by atoms with Crippen molar-refractivity contribution >= 4 is 5.91 Å². The Hall–Kier alpha value is -1.73. The molecule has 17 atom stereocenters. The zero-order valence-electron chi connectivity index (χ0n) is 59.7. The molecule has 0 saturated carbocycles. The normalized spacial score (nSPS) is 27.3. The first-order valence-electron chi connectivity index (χ1n) is 39.1. The van der Waals surface area contributed by atoms with Crippen molar-refractivity contribution < 1.29 is 89.4 Å². The second kappa shape index (κ2) is 57.8. The highest BCUT2D eigenvalue weighted by atomic mass is 16.8. The van der Waals surface area contributed by atoms with Crippen LogP contribution in [0.5, 0.6) is 0 Å². The van der Waals surface area contributed by atoms with E-state index in [-0.39, 0.29) is 18.9 Å². The molecule has 0 bridgehead atoms. The summed E-state index contributed by atoms with van der Waals surface area (Å²) in [6, 6.07) is -0.988. The fraction of sp³-hybridized carbons (Fsp3) is 0.934. The van der Waals surface area contributed by atoms with Crippen molar-refractivity contribution in [2.75, 3.05) is 26.4 Å². The summed E-state index contributed by atoms with van der Waals surface area (Å²) in [5.41, 5.74) is 0. The minimum absolute atomic E-state index is 0.241. The average Bonchev–Trinajstić information content (AvgIpc) is 0.787. The Morgan fingerprint density at radius 3 is 1.05 bits per heavy atom. The molecular weight excluding hydrogens is 1210 g/mol. The molecule has 12 N–H and O–H groups in total. The highest BCUT2D eigenvalue weighted by Crippen LogP contribution is 2.33. The SMILES string of the molecule is CCCCCCCCCCCCCCCCCCCCC/C=C/CC/C=C/C(O)C(COC1OC(CO)C(OC2OC(CO)C(OC3OC(CO)C(O)C(O)C3O)C(O)C2O)C(O)C1O)NC(=O)CCCCCCCCCCCCCCCCCCCCCCCCCCC. The summed E-state index contributed by atoms with van der Waals surface area (Å²) in [7, 11) is 0. The zero-order chi connectivity index (χ0) is 68.9. The molecule has 0 aromatic heterocycles.